The Balaban J connectivity index is 1.78. The van der Waals surface area contributed by atoms with Gasteiger partial charge < -0.3 is 9.47 Å². The lowest BCUT2D eigenvalue weighted by Gasteiger charge is -2.11. The molecule has 1 N–H and O–H groups in total. The van der Waals surface area contributed by atoms with Crippen molar-refractivity contribution >= 4 is 10.0 Å². The van der Waals surface area contributed by atoms with Gasteiger partial charge in [0.1, 0.15) is 0 Å². The molecule has 0 bridgehead atoms. The maximum absolute atomic E-state index is 12.5. The molecule has 0 saturated carbocycles. The average Bonchev–Trinajstić information content (AvgIpc) is 2.85. The maximum atomic E-state index is 12.5. The molecule has 2 aromatic rings. The van der Waals surface area contributed by atoms with Gasteiger partial charge in [-0.1, -0.05) is 12.1 Å². The zero-order chi connectivity index (χ0) is 17.0. The third kappa shape index (κ3) is 3.67. The van der Waals surface area contributed by atoms with Crippen molar-refractivity contribution in [2.45, 2.75) is 17.9 Å². The number of nitrogens with zero attached hydrogens (tertiary/aromatic N) is 1. The molecular weight excluding hydrogens is 328 g/mol. The van der Waals surface area contributed by atoms with Crippen molar-refractivity contribution < 1.29 is 17.9 Å². The van der Waals surface area contributed by atoms with E-state index in [1.807, 2.05) is 6.07 Å². The Hall–Kier alpha value is -2.56. The fraction of sp³-hybridized carbons (Fsp3) is 0.235. The average molecular weight is 344 g/mol. The van der Waals surface area contributed by atoms with E-state index in [2.05, 4.69) is 4.72 Å². The number of ether oxygens (including phenoxy) is 2. The van der Waals surface area contributed by atoms with Crippen LogP contribution in [0.3, 0.4) is 0 Å². The van der Waals surface area contributed by atoms with Crippen molar-refractivity contribution in [1.29, 1.82) is 5.26 Å². The zero-order valence-corrected chi connectivity index (χ0v) is 13.7. The first kappa shape index (κ1) is 16.3. The van der Waals surface area contributed by atoms with Gasteiger partial charge in [-0.15, -0.1) is 0 Å². The van der Waals surface area contributed by atoms with Crippen LogP contribution in [0.5, 0.6) is 11.5 Å². The number of fused-ring (bicyclic) bond motifs is 1. The Morgan fingerprint density at radius 2 is 1.88 bits per heavy atom. The molecular formula is C17H16N2O4S. The first-order valence-electron chi connectivity index (χ1n) is 7.47. The van der Waals surface area contributed by atoms with Crippen molar-refractivity contribution in [1.82, 2.24) is 4.72 Å². The minimum Gasteiger partial charge on any atom is -0.490 e. The predicted octanol–water partition coefficient (Wildman–Crippen LogP) is 2.20. The number of nitriles is 1. The van der Waals surface area contributed by atoms with E-state index in [-0.39, 0.29) is 11.4 Å². The molecule has 2 aromatic carbocycles. The molecule has 0 saturated heterocycles. The molecule has 0 spiro atoms. The summed E-state index contributed by atoms with van der Waals surface area (Å²) in [5.41, 5.74) is 1.20. The summed E-state index contributed by atoms with van der Waals surface area (Å²) < 4.78 is 38.5. The van der Waals surface area contributed by atoms with E-state index in [1.54, 1.807) is 30.3 Å². The van der Waals surface area contributed by atoms with Gasteiger partial charge >= 0.3 is 0 Å². The Labute approximate surface area is 140 Å². The number of sulfonamides is 1. The molecule has 124 valence electrons. The van der Waals surface area contributed by atoms with E-state index in [4.69, 9.17) is 14.7 Å². The first-order valence-corrected chi connectivity index (χ1v) is 8.95. The van der Waals surface area contributed by atoms with E-state index >= 15 is 0 Å². The van der Waals surface area contributed by atoms with Crippen LogP contribution < -0.4 is 14.2 Å². The maximum Gasteiger partial charge on any atom is 0.241 e. The quantitative estimate of drug-likeness (QED) is 0.918. The smallest absolute Gasteiger partial charge is 0.241 e. The minimum atomic E-state index is -3.69. The molecule has 0 aliphatic carbocycles. The number of rotatable bonds is 4. The summed E-state index contributed by atoms with van der Waals surface area (Å²) in [7, 11) is -3.69. The summed E-state index contributed by atoms with van der Waals surface area (Å²) >= 11 is 0. The van der Waals surface area contributed by atoms with E-state index in [9.17, 15) is 8.42 Å². The van der Waals surface area contributed by atoms with Crippen LogP contribution in [0, 0.1) is 11.3 Å². The standard InChI is InChI=1S/C17H16N2O4S/c18-11-13-3-1-4-14(9-13)12-19-24(20,21)15-5-6-16-17(10-15)23-8-2-7-22-16/h1,3-6,9-10,19H,2,7-8,12H2. The lowest BCUT2D eigenvalue weighted by atomic mass is 10.1. The normalized spacial score (nSPS) is 13.8. The summed E-state index contributed by atoms with van der Waals surface area (Å²) in [6.45, 7) is 1.14. The molecule has 0 amide bonds. The third-order valence-corrected chi connectivity index (χ3v) is 4.95. The Bertz CT molecular complexity index is 888. The van der Waals surface area contributed by atoms with Crippen LogP contribution in [0.25, 0.3) is 0 Å². The summed E-state index contributed by atoms with van der Waals surface area (Å²) in [4.78, 5) is 0.114. The second kappa shape index (κ2) is 6.91. The van der Waals surface area contributed by atoms with Crippen molar-refractivity contribution in [3.8, 4) is 17.6 Å². The second-order valence-electron chi connectivity index (χ2n) is 5.30. The van der Waals surface area contributed by atoms with Crippen LogP contribution in [-0.4, -0.2) is 21.6 Å². The number of hydrogen-bond acceptors (Lipinski definition) is 5. The Morgan fingerprint density at radius 3 is 2.67 bits per heavy atom. The summed E-state index contributed by atoms with van der Waals surface area (Å²) in [5, 5.41) is 8.89. The topological polar surface area (TPSA) is 88.4 Å². The molecule has 0 radical (unpaired) electrons. The highest BCUT2D eigenvalue weighted by atomic mass is 32.2. The monoisotopic (exact) mass is 344 g/mol. The molecule has 1 heterocycles. The SMILES string of the molecule is N#Cc1cccc(CNS(=O)(=O)c2ccc3c(c2)OCCCO3)c1. The zero-order valence-electron chi connectivity index (χ0n) is 12.9. The van der Waals surface area contributed by atoms with Gasteiger partial charge in [0.25, 0.3) is 0 Å². The second-order valence-corrected chi connectivity index (χ2v) is 7.06. The fourth-order valence-corrected chi connectivity index (χ4v) is 3.36. The van der Waals surface area contributed by atoms with Gasteiger partial charge in [0.2, 0.25) is 10.0 Å². The van der Waals surface area contributed by atoms with E-state index in [0.29, 0.717) is 35.8 Å². The summed E-state index contributed by atoms with van der Waals surface area (Å²) in [6.07, 6.45) is 0.754. The third-order valence-electron chi connectivity index (χ3n) is 3.55. The van der Waals surface area contributed by atoms with E-state index in [1.165, 1.54) is 12.1 Å². The minimum absolute atomic E-state index is 0.103. The van der Waals surface area contributed by atoms with E-state index in [0.717, 1.165) is 6.42 Å². The molecule has 7 heteroatoms. The van der Waals surface area contributed by atoms with Gasteiger partial charge in [-0.2, -0.15) is 5.26 Å². The highest BCUT2D eigenvalue weighted by molar-refractivity contribution is 7.89. The molecule has 0 unspecified atom stereocenters. The van der Waals surface area contributed by atoms with Gasteiger partial charge in [-0.25, -0.2) is 13.1 Å². The molecule has 0 atom stereocenters. The fourth-order valence-electron chi connectivity index (χ4n) is 2.32. The number of benzene rings is 2. The van der Waals surface area contributed by atoms with Crippen LogP contribution in [0.4, 0.5) is 0 Å². The van der Waals surface area contributed by atoms with Crippen LogP contribution in [0.2, 0.25) is 0 Å². The lowest BCUT2D eigenvalue weighted by molar-refractivity contribution is 0.297. The number of nitrogens with one attached hydrogen (secondary N) is 1. The first-order chi connectivity index (χ1) is 11.6. The Kier molecular flexibility index (Phi) is 4.69. The van der Waals surface area contributed by atoms with Crippen LogP contribution in [0.15, 0.2) is 47.4 Å². The van der Waals surface area contributed by atoms with Gasteiger partial charge in [-0.05, 0) is 29.8 Å². The lowest BCUT2D eigenvalue weighted by Crippen LogP contribution is -2.23. The molecule has 24 heavy (non-hydrogen) atoms. The van der Waals surface area contributed by atoms with Gasteiger partial charge in [0.15, 0.2) is 11.5 Å². The van der Waals surface area contributed by atoms with E-state index < -0.39 is 10.0 Å². The van der Waals surface area contributed by atoms with Crippen molar-refractivity contribution in [3.63, 3.8) is 0 Å². The largest absolute Gasteiger partial charge is 0.490 e. The van der Waals surface area contributed by atoms with Gasteiger partial charge in [0, 0.05) is 19.0 Å². The van der Waals surface area contributed by atoms with Crippen LogP contribution in [0.1, 0.15) is 17.5 Å². The Morgan fingerprint density at radius 1 is 1.08 bits per heavy atom. The molecule has 3 rings (SSSR count). The molecule has 0 fully saturated rings. The highest BCUT2D eigenvalue weighted by Gasteiger charge is 2.18. The van der Waals surface area contributed by atoms with Gasteiger partial charge in [-0.3, -0.25) is 0 Å². The molecule has 1 aliphatic heterocycles. The van der Waals surface area contributed by atoms with Crippen molar-refractivity contribution in [3.05, 3.63) is 53.6 Å². The van der Waals surface area contributed by atoms with Crippen LogP contribution in [-0.2, 0) is 16.6 Å². The molecule has 0 aromatic heterocycles. The highest BCUT2D eigenvalue weighted by Crippen LogP contribution is 2.31. The molecule has 1 aliphatic rings. The van der Waals surface area contributed by atoms with Crippen molar-refractivity contribution in [2.75, 3.05) is 13.2 Å². The van der Waals surface area contributed by atoms with Gasteiger partial charge in [0.05, 0.1) is 29.7 Å². The molecule has 6 nitrogen and oxygen atoms in total. The van der Waals surface area contributed by atoms with Crippen LogP contribution >= 0.6 is 0 Å². The number of hydrogen-bond donors (Lipinski definition) is 1. The summed E-state index contributed by atoms with van der Waals surface area (Å²) in [6, 6.07) is 13.4. The van der Waals surface area contributed by atoms with Crippen molar-refractivity contribution in [2.24, 2.45) is 0 Å². The predicted molar refractivity (Wildman–Crippen MR) is 87.2 cm³/mol. The summed E-state index contributed by atoms with van der Waals surface area (Å²) in [5.74, 6) is 0.982.